The number of sulfone groups is 1. The third kappa shape index (κ3) is 4.70. The van der Waals surface area contributed by atoms with Gasteiger partial charge in [-0.2, -0.15) is 0 Å². The molecule has 0 spiro atoms. The van der Waals surface area contributed by atoms with E-state index in [4.69, 9.17) is 10.6 Å². The van der Waals surface area contributed by atoms with Crippen molar-refractivity contribution in [3.8, 4) is 0 Å². The maximum atomic E-state index is 12.9. The van der Waals surface area contributed by atoms with Gasteiger partial charge in [0.05, 0.1) is 11.4 Å². The van der Waals surface area contributed by atoms with Crippen molar-refractivity contribution in [2.45, 2.75) is 25.5 Å². The molecule has 0 radical (unpaired) electrons. The van der Waals surface area contributed by atoms with Crippen molar-refractivity contribution in [1.82, 2.24) is 20.3 Å². The Balaban J connectivity index is 1.87. The van der Waals surface area contributed by atoms with Gasteiger partial charge in [0.25, 0.3) is 11.8 Å². The Morgan fingerprint density at radius 1 is 1.35 bits per heavy atom. The number of oxime groups is 1. The average Bonchev–Trinajstić information content (AvgIpc) is 3.37. The minimum absolute atomic E-state index is 0.0436. The third-order valence-corrected chi connectivity index (χ3v) is 6.69. The van der Waals surface area contributed by atoms with Crippen molar-refractivity contribution in [3.63, 3.8) is 0 Å². The SMILES string of the molecule is CC(C)(O/N=C(/C(=O)N[C@H]1CN2CC(S(C)(=O)=O)=C(C(=O)O)N2C1=O)c1csc(N)n1)C(=O)O. The fraction of sp³-hybridized carbons (Fsp3) is 0.412. The number of amides is 2. The van der Waals surface area contributed by atoms with Crippen molar-refractivity contribution >= 4 is 55.8 Å². The number of aliphatic carboxylic acids is 2. The number of carboxylic acids is 2. The lowest BCUT2D eigenvalue weighted by molar-refractivity contribution is -0.161. The van der Waals surface area contributed by atoms with Crippen molar-refractivity contribution in [2.24, 2.45) is 5.16 Å². The molecule has 15 nitrogen and oxygen atoms in total. The first-order chi connectivity index (χ1) is 15.6. The molecule has 1 saturated heterocycles. The second-order valence-corrected chi connectivity index (χ2v) is 10.7. The number of carbonyl (C=O) groups excluding carboxylic acids is 2. The lowest BCUT2D eigenvalue weighted by Gasteiger charge is -2.19. The Morgan fingerprint density at radius 2 is 2.00 bits per heavy atom. The highest BCUT2D eigenvalue weighted by Crippen LogP contribution is 2.31. The van der Waals surface area contributed by atoms with Crippen LogP contribution in [0.5, 0.6) is 0 Å². The topological polar surface area (TPSA) is 222 Å². The summed E-state index contributed by atoms with van der Waals surface area (Å²) in [7, 11) is -3.90. The molecule has 2 aliphatic rings. The standard InChI is InChI=1S/C17H20N6O9S2/c1-17(2,15(28)29)32-21-10(8-6-33-16(18)20-8)12(24)19-7-4-22-5-9(34(3,30)31)11(14(26)27)23(22)13(7)25/h6-7H,4-5H2,1-3H3,(H2,18,20)(H,19,24)(H,26,27)(H,28,29)/b21-10+/t7-/m0/s1. The molecule has 0 bridgehead atoms. The van der Waals surface area contributed by atoms with E-state index < -0.39 is 61.5 Å². The molecule has 3 heterocycles. The number of anilines is 1. The summed E-state index contributed by atoms with van der Waals surface area (Å²) in [6.07, 6.45) is 0.833. The second kappa shape index (κ2) is 8.65. The molecular formula is C17H20N6O9S2. The summed E-state index contributed by atoms with van der Waals surface area (Å²) >= 11 is 0.975. The fourth-order valence-electron chi connectivity index (χ4n) is 3.04. The number of carbonyl (C=O) groups is 4. The average molecular weight is 517 g/mol. The highest BCUT2D eigenvalue weighted by molar-refractivity contribution is 7.94. The first kappa shape index (κ1) is 25.1. The largest absolute Gasteiger partial charge is 0.478 e. The maximum Gasteiger partial charge on any atom is 0.355 e. The van der Waals surface area contributed by atoms with Gasteiger partial charge < -0.3 is 26.1 Å². The molecule has 1 aromatic heterocycles. The quantitative estimate of drug-likeness (QED) is 0.222. The number of thiazole rings is 1. The van der Waals surface area contributed by atoms with Gasteiger partial charge in [-0.3, -0.25) is 9.59 Å². The van der Waals surface area contributed by atoms with Crippen LogP contribution < -0.4 is 11.1 Å². The summed E-state index contributed by atoms with van der Waals surface area (Å²) in [4.78, 5) is 57.3. The van der Waals surface area contributed by atoms with E-state index in [1.54, 1.807) is 0 Å². The highest BCUT2D eigenvalue weighted by Gasteiger charge is 2.50. The highest BCUT2D eigenvalue weighted by atomic mass is 32.2. The Morgan fingerprint density at radius 3 is 2.50 bits per heavy atom. The molecule has 2 amide bonds. The number of nitrogens with zero attached hydrogens (tertiary/aromatic N) is 4. The van der Waals surface area contributed by atoms with Gasteiger partial charge in [-0.1, -0.05) is 5.16 Å². The van der Waals surface area contributed by atoms with E-state index in [2.05, 4.69) is 15.5 Å². The molecule has 1 aromatic rings. The zero-order chi connectivity index (χ0) is 25.6. The number of nitrogens with two attached hydrogens (primary N) is 1. The molecule has 184 valence electrons. The van der Waals surface area contributed by atoms with Crippen LogP contribution in [0.1, 0.15) is 19.5 Å². The van der Waals surface area contributed by atoms with E-state index in [9.17, 15) is 37.8 Å². The Bertz CT molecular complexity index is 1250. The van der Waals surface area contributed by atoms with Gasteiger partial charge >= 0.3 is 11.9 Å². The number of hydrazine groups is 1. The summed E-state index contributed by atoms with van der Waals surface area (Å²) < 4.78 is 23.9. The van der Waals surface area contributed by atoms with Gasteiger partial charge in [0.1, 0.15) is 11.7 Å². The van der Waals surface area contributed by atoms with E-state index in [1.165, 1.54) is 24.2 Å². The molecule has 34 heavy (non-hydrogen) atoms. The summed E-state index contributed by atoms with van der Waals surface area (Å²) in [6.45, 7) is 1.81. The van der Waals surface area contributed by atoms with E-state index in [-0.39, 0.29) is 23.9 Å². The predicted molar refractivity (Wildman–Crippen MR) is 116 cm³/mol. The van der Waals surface area contributed by atoms with Crippen LogP contribution in [0.25, 0.3) is 0 Å². The molecule has 1 atom stereocenters. The summed E-state index contributed by atoms with van der Waals surface area (Å²) in [6, 6.07) is -1.27. The molecule has 5 N–H and O–H groups in total. The molecular weight excluding hydrogens is 496 g/mol. The summed E-state index contributed by atoms with van der Waals surface area (Å²) in [5, 5.41) is 28.0. The van der Waals surface area contributed by atoms with Gasteiger partial charge in [0.2, 0.25) is 5.60 Å². The van der Waals surface area contributed by atoms with Crippen LogP contribution in [0.4, 0.5) is 5.13 Å². The number of carboxylic acid groups (broad SMARTS) is 2. The first-order valence-electron chi connectivity index (χ1n) is 9.40. The van der Waals surface area contributed by atoms with E-state index in [0.717, 1.165) is 17.6 Å². The van der Waals surface area contributed by atoms with Crippen LogP contribution in [0.3, 0.4) is 0 Å². The first-order valence-corrected chi connectivity index (χ1v) is 12.2. The number of rotatable bonds is 8. The van der Waals surface area contributed by atoms with Gasteiger partial charge in [0, 0.05) is 18.2 Å². The number of hydrogen-bond acceptors (Lipinski definition) is 12. The van der Waals surface area contributed by atoms with Gasteiger partial charge in [-0.25, -0.2) is 33.0 Å². The van der Waals surface area contributed by atoms with Gasteiger partial charge in [-0.15, -0.1) is 11.3 Å². The molecule has 0 aromatic carbocycles. The van der Waals surface area contributed by atoms with Crippen molar-refractivity contribution < 1.29 is 42.6 Å². The summed E-state index contributed by atoms with van der Waals surface area (Å²) in [5.74, 6) is -4.83. The zero-order valence-corrected chi connectivity index (χ0v) is 19.6. The van der Waals surface area contributed by atoms with Crippen molar-refractivity contribution in [1.29, 1.82) is 0 Å². The molecule has 0 aliphatic carbocycles. The molecule has 0 unspecified atom stereocenters. The van der Waals surface area contributed by atoms with Crippen LogP contribution in [-0.4, -0.2) is 94.1 Å². The van der Waals surface area contributed by atoms with Gasteiger partial charge in [0.15, 0.2) is 26.4 Å². The molecule has 3 rings (SSSR count). The minimum Gasteiger partial charge on any atom is -0.478 e. The number of hydrogen-bond donors (Lipinski definition) is 4. The predicted octanol–water partition coefficient (Wildman–Crippen LogP) is -1.79. The Hall–Kier alpha value is -3.57. The van der Waals surface area contributed by atoms with Crippen LogP contribution >= 0.6 is 11.3 Å². The van der Waals surface area contributed by atoms with E-state index >= 15 is 0 Å². The van der Waals surface area contributed by atoms with Crippen molar-refractivity contribution in [2.75, 3.05) is 25.1 Å². The monoisotopic (exact) mass is 516 g/mol. The van der Waals surface area contributed by atoms with E-state index in [1.807, 2.05) is 0 Å². The maximum absolute atomic E-state index is 12.9. The van der Waals surface area contributed by atoms with Crippen LogP contribution in [0.2, 0.25) is 0 Å². The number of nitrogens with one attached hydrogen (secondary N) is 1. The molecule has 0 saturated carbocycles. The molecule has 2 aliphatic heterocycles. The summed E-state index contributed by atoms with van der Waals surface area (Å²) in [5.41, 5.74) is 2.57. The van der Waals surface area contributed by atoms with Crippen LogP contribution in [0, 0.1) is 0 Å². The normalized spacial score (nSPS) is 19.4. The van der Waals surface area contributed by atoms with Crippen LogP contribution in [0.15, 0.2) is 21.1 Å². The second-order valence-electron chi connectivity index (χ2n) is 7.79. The third-order valence-electron chi connectivity index (χ3n) is 4.80. The molecule has 17 heteroatoms. The minimum atomic E-state index is -3.90. The Labute approximate surface area is 196 Å². The van der Waals surface area contributed by atoms with E-state index in [0.29, 0.717) is 5.01 Å². The molecule has 1 fully saturated rings. The smallest absolute Gasteiger partial charge is 0.355 e. The number of fused-ring (bicyclic) bond motifs is 1. The Kier molecular flexibility index (Phi) is 6.38. The number of nitrogen functional groups attached to an aromatic ring is 1. The van der Waals surface area contributed by atoms with Gasteiger partial charge in [-0.05, 0) is 13.8 Å². The lowest BCUT2D eigenvalue weighted by Crippen LogP contribution is -2.46. The van der Waals surface area contributed by atoms with Crippen LogP contribution in [-0.2, 0) is 33.9 Å². The number of aromatic nitrogens is 1. The fourth-order valence-corrected chi connectivity index (χ4v) is 4.50. The zero-order valence-electron chi connectivity index (χ0n) is 18.0. The van der Waals surface area contributed by atoms with Crippen molar-refractivity contribution in [3.05, 3.63) is 21.7 Å². The lowest BCUT2D eigenvalue weighted by atomic mass is 10.1.